The van der Waals surface area contributed by atoms with Crippen LogP contribution in [-0.2, 0) is 0 Å². The third kappa shape index (κ3) is 3.80. The van der Waals surface area contributed by atoms with Gasteiger partial charge in [-0.3, -0.25) is 4.90 Å². The highest BCUT2D eigenvalue weighted by Crippen LogP contribution is 2.26. The summed E-state index contributed by atoms with van der Waals surface area (Å²) in [5.41, 5.74) is 8.64. The average Bonchev–Trinajstić information content (AvgIpc) is 2.68. The van der Waals surface area contributed by atoms with Crippen molar-refractivity contribution in [3.8, 4) is 0 Å². The van der Waals surface area contributed by atoms with E-state index in [-0.39, 0.29) is 6.04 Å². The Morgan fingerprint density at radius 2 is 1.50 bits per heavy atom. The van der Waals surface area contributed by atoms with E-state index in [1.807, 2.05) is 0 Å². The summed E-state index contributed by atoms with van der Waals surface area (Å²) in [4.78, 5) is 3.06. The first-order valence-corrected chi connectivity index (χ1v) is 8.13. The third-order valence-electron chi connectivity index (χ3n) is 4.19. The van der Waals surface area contributed by atoms with Gasteiger partial charge in [0.05, 0.1) is 11.0 Å². The lowest BCUT2D eigenvalue weighted by Crippen LogP contribution is -2.37. The number of thiocarbonyl (C=S) groups is 1. The summed E-state index contributed by atoms with van der Waals surface area (Å²) in [7, 11) is 0. The maximum absolute atomic E-state index is 6.04. The van der Waals surface area contributed by atoms with E-state index in [2.05, 4.69) is 43.0 Å². The van der Waals surface area contributed by atoms with Crippen molar-refractivity contribution in [1.29, 1.82) is 0 Å². The van der Waals surface area contributed by atoms with Gasteiger partial charge in [-0.05, 0) is 43.0 Å². The van der Waals surface area contributed by atoms with Crippen LogP contribution in [0.15, 0.2) is 24.3 Å². The third-order valence-corrected chi connectivity index (χ3v) is 4.42. The molecule has 0 aliphatic carbocycles. The van der Waals surface area contributed by atoms with Crippen LogP contribution in [0.3, 0.4) is 0 Å². The van der Waals surface area contributed by atoms with Crippen LogP contribution in [0, 0.1) is 0 Å². The summed E-state index contributed by atoms with van der Waals surface area (Å²) in [6.07, 6.45) is 5.16. The van der Waals surface area contributed by atoms with Crippen molar-refractivity contribution in [2.75, 3.05) is 13.1 Å². The van der Waals surface area contributed by atoms with E-state index in [4.69, 9.17) is 18.0 Å². The Hall–Kier alpha value is -0.930. The minimum absolute atomic E-state index is 0.101. The van der Waals surface area contributed by atoms with Crippen LogP contribution in [0.2, 0.25) is 0 Å². The first-order chi connectivity index (χ1) is 9.59. The summed E-state index contributed by atoms with van der Waals surface area (Å²) in [6.45, 7) is 6.64. The maximum Gasteiger partial charge on any atom is 0.0948 e. The van der Waals surface area contributed by atoms with Gasteiger partial charge in [0.2, 0.25) is 0 Å². The second-order valence-corrected chi connectivity index (χ2v) is 6.55. The number of hydrogen-bond acceptors (Lipinski definition) is 2. The van der Waals surface area contributed by atoms with Gasteiger partial charge in [0, 0.05) is 0 Å². The molecular weight excluding hydrogens is 264 g/mol. The zero-order valence-corrected chi connectivity index (χ0v) is 13.5. The fraction of sp³-hybridized carbons (Fsp3) is 0.588. The predicted molar refractivity (Wildman–Crippen MR) is 90.1 cm³/mol. The number of nitrogens with zero attached hydrogens (tertiary/aromatic N) is 1. The second kappa shape index (κ2) is 7.19. The molecule has 3 heteroatoms. The Kier molecular flexibility index (Phi) is 5.55. The number of likely N-dealkylation sites (tertiary alicyclic amines) is 1. The van der Waals surface area contributed by atoms with Gasteiger partial charge in [-0.2, -0.15) is 0 Å². The number of benzene rings is 1. The normalized spacial score (nSPS) is 18.8. The molecule has 1 heterocycles. The Morgan fingerprint density at radius 3 is 1.95 bits per heavy atom. The maximum atomic E-state index is 6.04. The van der Waals surface area contributed by atoms with E-state index in [0.29, 0.717) is 10.9 Å². The Bertz CT molecular complexity index is 431. The summed E-state index contributed by atoms with van der Waals surface area (Å²) in [6, 6.07) is 8.92. The molecular formula is C17H26N2S. The highest BCUT2D eigenvalue weighted by Gasteiger charge is 2.23. The summed E-state index contributed by atoms with van der Waals surface area (Å²) >= 11 is 5.34. The Balaban J connectivity index is 2.21. The molecule has 0 bridgehead atoms. The minimum atomic E-state index is 0.101. The van der Waals surface area contributed by atoms with Crippen molar-refractivity contribution in [3.63, 3.8) is 0 Å². The zero-order chi connectivity index (χ0) is 14.5. The molecule has 0 saturated carbocycles. The van der Waals surface area contributed by atoms with Gasteiger partial charge >= 0.3 is 0 Å². The standard InChI is InChI=1S/C17H26N2S/c1-13(2)14-7-9-15(10-8-14)16(17(18)20)19-11-5-3-4-6-12-19/h7-10,13,16H,3-6,11-12H2,1-2H3,(H2,18,20). The van der Waals surface area contributed by atoms with Crippen LogP contribution in [0.5, 0.6) is 0 Å². The lowest BCUT2D eigenvalue weighted by Gasteiger charge is -2.30. The Morgan fingerprint density at radius 1 is 1.00 bits per heavy atom. The summed E-state index contributed by atoms with van der Waals surface area (Å²) in [5, 5.41) is 0. The molecule has 20 heavy (non-hydrogen) atoms. The molecule has 1 unspecified atom stereocenters. The average molecular weight is 290 g/mol. The quantitative estimate of drug-likeness (QED) is 0.849. The van der Waals surface area contributed by atoms with E-state index in [1.54, 1.807) is 0 Å². The van der Waals surface area contributed by atoms with Gasteiger partial charge in [0.25, 0.3) is 0 Å². The largest absolute Gasteiger partial charge is 0.392 e. The smallest absolute Gasteiger partial charge is 0.0948 e. The molecule has 0 aromatic heterocycles. The number of rotatable bonds is 4. The highest BCUT2D eigenvalue weighted by atomic mass is 32.1. The fourth-order valence-electron chi connectivity index (χ4n) is 2.97. The topological polar surface area (TPSA) is 29.3 Å². The lowest BCUT2D eigenvalue weighted by atomic mass is 9.98. The molecule has 0 spiro atoms. The summed E-state index contributed by atoms with van der Waals surface area (Å²) in [5.74, 6) is 0.561. The SMILES string of the molecule is CC(C)c1ccc(C(C(N)=S)N2CCCCCC2)cc1. The van der Waals surface area contributed by atoms with E-state index >= 15 is 0 Å². The zero-order valence-electron chi connectivity index (χ0n) is 12.6. The molecule has 1 atom stereocenters. The van der Waals surface area contributed by atoms with Crippen molar-refractivity contribution in [2.45, 2.75) is 51.5 Å². The Labute approximate surface area is 128 Å². The van der Waals surface area contributed by atoms with Gasteiger partial charge in [0.15, 0.2) is 0 Å². The first-order valence-electron chi connectivity index (χ1n) is 7.73. The second-order valence-electron chi connectivity index (χ2n) is 6.08. The van der Waals surface area contributed by atoms with Gasteiger partial charge in [-0.25, -0.2) is 0 Å². The molecule has 0 amide bonds. The van der Waals surface area contributed by atoms with Crippen LogP contribution in [0.25, 0.3) is 0 Å². The van der Waals surface area contributed by atoms with Gasteiger partial charge < -0.3 is 5.73 Å². The molecule has 2 rings (SSSR count). The van der Waals surface area contributed by atoms with Crippen LogP contribution < -0.4 is 5.73 Å². The van der Waals surface area contributed by atoms with E-state index < -0.39 is 0 Å². The van der Waals surface area contributed by atoms with Gasteiger partial charge in [-0.15, -0.1) is 0 Å². The molecule has 1 aliphatic rings. The molecule has 0 radical (unpaired) electrons. The molecule has 1 aromatic rings. The number of nitrogens with two attached hydrogens (primary N) is 1. The number of hydrogen-bond donors (Lipinski definition) is 1. The van der Waals surface area contributed by atoms with Gasteiger partial charge in [0.1, 0.15) is 0 Å². The molecule has 1 aromatic carbocycles. The molecule has 1 saturated heterocycles. The van der Waals surface area contributed by atoms with Gasteiger partial charge in [-0.1, -0.05) is 63.2 Å². The van der Waals surface area contributed by atoms with E-state index in [0.717, 1.165) is 13.1 Å². The molecule has 110 valence electrons. The monoisotopic (exact) mass is 290 g/mol. The van der Waals surface area contributed by atoms with E-state index in [1.165, 1.54) is 36.8 Å². The van der Waals surface area contributed by atoms with Crippen LogP contribution in [0.4, 0.5) is 0 Å². The molecule has 2 N–H and O–H groups in total. The van der Waals surface area contributed by atoms with Crippen LogP contribution >= 0.6 is 12.2 Å². The molecule has 1 fully saturated rings. The highest BCUT2D eigenvalue weighted by molar-refractivity contribution is 7.80. The first kappa shape index (κ1) is 15.5. The van der Waals surface area contributed by atoms with Crippen molar-refractivity contribution in [1.82, 2.24) is 4.90 Å². The van der Waals surface area contributed by atoms with Crippen molar-refractivity contribution < 1.29 is 0 Å². The summed E-state index contributed by atoms with van der Waals surface area (Å²) < 4.78 is 0. The van der Waals surface area contributed by atoms with Crippen molar-refractivity contribution in [3.05, 3.63) is 35.4 Å². The molecule has 2 nitrogen and oxygen atoms in total. The fourth-order valence-corrected chi connectivity index (χ4v) is 3.26. The van der Waals surface area contributed by atoms with E-state index in [9.17, 15) is 0 Å². The molecule has 1 aliphatic heterocycles. The van der Waals surface area contributed by atoms with Crippen LogP contribution in [0.1, 0.15) is 62.6 Å². The minimum Gasteiger partial charge on any atom is -0.392 e. The van der Waals surface area contributed by atoms with Crippen LogP contribution in [-0.4, -0.2) is 23.0 Å². The van der Waals surface area contributed by atoms with Crippen molar-refractivity contribution >= 4 is 17.2 Å². The predicted octanol–water partition coefficient (Wildman–Crippen LogP) is 4.01. The lowest BCUT2D eigenvalue weighted by molar-refractivity contribution is 0.255. The van der Waals surface area contributed by atoms with Crippen molar-refractivity contribution in [2.24, 2.45) is 5.73 Å².